The summed E-state index contributed by atoms with van der Waals surface area (Å²) in [6.07, 6.45) is 3.14. The van der Waals surface area contributed by atoms with E-state index < -0.39 is 5.82 Å². The number of rotatable bonds is 4. The number of nitrogens with one attached hydrogen (secondary N) is 1. The molecule has 2 rings (SSSR count). The Morgan fingerprint density at radius 1 is 1.28 bits per heavy atom. The molecule has 0 saturated carbocycles. The number of hydrogen-bond donors (Lipinski definition) is 1. The van der Waals surface area contributed by atoms with Gasteiger partial charge in [-0.05, 0) is 24.3 Å². The molecular formula is C13H11FN2O2. The molecule has 2 aromatic rings. The van der Waals surface area contributed by atoms with Crippen molar-refractivity contribution >= 4 is 11.6 Å². The van der Waals surface area contributed by atoms with Gasteiger partial charge in [-0.15, -0.1) is 0 Å². The van der Waals surface area contributed by atoms with Crippen LogP contribution in [-0.4, -0.2) is 17.5 Å². The van der Waals surface area contributed by atoms with Crippen LogP contribution < -0.4 is 10.1 Å². The van der Waals surface area contributed by atoms with Crippen LogP contribution in [0.3, 0.4) is 0 Å². The van der Waals surface area contributed by atoms with Gasteiger partial charge >= 0.3 is 0 Å². The summed E-state index contributed by atoms with van der Waals surface area (Å²) in [6.45, 7) is -0.175. The quantitative estimate of drug-likeness (QED) is 0.900. The molecule has 0 spiro atoms. The molecule has 0 radical (unpaired) electrons. The molecule has 0 fully saturated rings. The first-order valence-corrected chi connectivity index (χ1v) is 5.32. The van der Waals surface area contributed by atoms with E-state index in [-0.39, 0.29) is 12.5 Å². The lowest BCUT2D eigenvalue weighted by atomic mass is 10.3. The average molecular weight is 246 g/mol. The number of hydrogen-bond acceptors (Lipinski definition) is 3. The fourth-order valence-corrected chi connectivity index (χ4v) is 1.34. The highest BCUT2D eigenvalue weighted by molar-refractivity contribution is 5.91. The third-order valence-corrected chi connectivity index (χ3v) is 2.13. The first-order chi connectivity index (χ1) is 8.74. The molecular weight excluding hydrogens is 235 g/mol. The van der Waals surface area contributed by atoms with Gasteiger partial charge in [-0.1, -0.05) is 6.07 Å². The summed E-state index contributed by atoms with van der Waals surface area (Å²) in [5.41, 5.74) is 0.637. The van der Waals surface area contributed by atoms with Crippen LogP contribution in [0.1, 0.15) is 0 Å². The van der Waals surface area contributed by atoms with Crippen LogP contribution in [0.25, 0.3) is 0 Å². The van der Waals surface area contributed by atoms with Crippen molar-refractivity contribution in [3.63, 3.8) is 0 Å². The molecule has 5 heteroatoms. The Kier molecular flexibility index (Phi) is 3.86. The van der Waals surface area contributed by atoms with E-state index in [0.29, 0.717) is 11.4 Å². The van der Waals surface area contributed by atoms with Gasteiger partial charge in [-0.3, -0.25) is 9.78 Å². The van der Waals surface area contributed by atoms with Gasteiger partial charge < -0.3 is 10.1 Å². The van der Waals surface area contributed by atoms with Crippen LogP contribution in [0, 0.1) is 5.82 Å². The van der Waals surface area contributed by atoms with Crippen molar-refractivity contribution < 1.29 is 13.9 Å². The highest BCUT2D eigenvalue weighted by Crippen LogP contribution is 2.12. The van der Waals surface area contributed by atoms with Gasteiger partial charge in [0.15, 0.2) is 6.61 Å². The number of carbonyl (C=O) groups is 1. The van der Waals surface area contributed by atoms with Crippen LogP contribution in [0.2, 0.25) is 0 Å². The number of benzene rings is 1. The van der Waals surface area contributed by atoms with Gasteiger partial charge in [0.2, 0.25) is 0 Å². The predicted molar refractivity (Wildman–Crippen MR) is 64.8 cm³/mol. The Balaban J connectivity index is 1.85. The number of aromatic nitrogens is 1. The van der Waals surface area contributed by atoms with E-state index in [4.69, 9.17) is 4.74 Å². The van der Waals surface area contributed by atoms with Gasteiger partial charge in [0.25, 0.3) is 5.91 Å². The number of halogens is 1. The third kappa shape index (κ3) is 3.55. The van der Waals surface area contributed by atoms with E-state index in [1.54, 1.807) is 30.6 Å². The van der Waals surface area contributed by atoms with E-state index in [1.807, 2.05) is 0 Å². The molecule has 1 aromatic carbocycles. The highest BCUT2D eigenvalue weighted by atomic mass is 19.1. The summed E-state index contributed by atoms with van der Waals surface area (Å²) in [5.74, 6) is -0.396. The molecule has 0 aliphatic rings. The second-order valence-electron chi connectivity index (χ2n) is 3.53. The molecule has 0 atom stereocenters. The van der Waals surface area contributed by atoms with Crippen LogP contribution in [-0.2, 0) is 4.79 Å². The molecule has 0 bridgehead atoms. The molecule has 92 valence electrons. The number of pyridine rings is 1. The minimum Gasteiger partial charge on any atom is -0.484 e. The van der Waals surface area contributed by atoms with Crippen LogP contribution in [0.5, 0.6) is 5.75 Å². The lowest BCUT2D eigenvalue weighted by molar-refractivity contribution is -0.118. The third-order valence-electron chi connectivity index (χ3n) is 2.13. The lowest BCUT2D eigenvalue weighted by Crippen LogP contribution is -2.20. The van der Waals surface area contributed by atoms with E-state index in [1.165, 1.54) is 18.2 Å². The number of nitrogens with zero attached hydrogens (tertiary/aromatic N) is 1. The summed E-state index contributed by atoms with van der Waals surface area (Å²) in [7, 11) is 0. The Hall–Kier alpha value is -2.43. The number of ether oxygens (including phenoxy) is 1. The normalized spacial score (nSPS) is 9.83. The van der Waals surface area contributed by atoms with Crippen molar-refractivity contribution in [3.05, 3.63) is 54.6 Å². The summed E-state index contributed by atoms with van der Waals surface area (Å²) in [4.78, 5) is 15.4. The number of amides is 1. The van der Waals surface area contributed by atoms with Gasteiger partial charge in [0.1, 0.15) is 11.6 Å². The van der Waals surface area contributed by atoms with E-state index in [0.717, 1.165) is 0 Å². The second kappa shape index (κ2) is 5.77. The van der Waals surface area contributed by atoms with Gasteiger partial charge in [-0.25, -0.2) is 4.39 Å². The second-order valence-corrected chi connectivity index (χ2v) is 3.53. The van der Waals surface area contributed by atoms with Crippen molar-refractivity contribution in [1.29, 1.82) is 0 Å². The molecule has 1 N–H and O–H groups in total. The standard InChI is InChI=1S/C13H11FN2O2/c14-10-2-1-3-12(8-10)18-9-13(17)16-11-4-6-15-7-5-11/h1-8H,9H2,(H,15,16,17). The topological polar surface area (TPSA) is 51.2 Å². The van der Waals surface area contributed by atoms with E-state index in [2.05, 4.69) is 10.3 Å². The molecule has 0 aliphatic heterocycles. The summed E-state index contributed by atoms with van der Waals surface area (Å²) >= 11 is 0. The first-order valence-electron chi connectivity index (χ1n) is 5.32. The maximum absolute atomic E-state index is 12.9. The van der Waals surface area contributed by atoms with Crippen LogP contribution in [0.15, 0.2) is 48.8 Å². The number of carbonyl (C=O) groups excluding carboxylic acids is 1. The maximum Gasteiger partial charge on any atom is 0.262 e. The summed E-state index contributed by atoms with van der Waals surface area (Å²) in [6, 6.07) is 8.97. The van der Waals surface area contributed by atoms with Crippen molar-refractivity contribution in [1.82, 2.24) is 4.98 Å². The molecule has 0 aliphatic carbocycles. The van der Waals surface area contributed by atoms with E-state index >= 15 is 0 Å². The molecule has 18 heavy (non-hydrogen) atoms. The van der Waals surface area contributed by atoms with Crippen molar-refractivity contribution in [2.75, 3.05) is 11.9 Å². The molecule has 0 saturated heterocycles. The van der Waals surface area contributed by atoms with Crippen molar-refractivity contribution in [2.24, 2.45) is 0 Å². The van der Waals surface area contributed by atoms with Crippen molar-refractivity contribution in [3.8, 4) is 5.75 Å². The van der Waals surface area contributed by atoms with Gasteiger partial charge in [-0.2, -0.15) is 0 Å². The minimum atomic E-state index is -0.401. The zero-order valence-electron chi connectivity index (χ0n) is 9.47. The molecule has 1 heterocycles. The predicted octanol–water partition coefficient (Wildman–Crippen LogP) is 2.24. The van der Waals surface area contributed by atoms with Crippen molar-refractivity contribution in [2.45, 2.75) is 0 Å². The summed E-state index contributed by atoms with van der Waals surface area (Å²) < 4.78 is 18.0. The zero-order chi connectivity index (χ0) is 12.8. The number of anilines is 1. The monoisotopic (exact) mass is 246 g/mol. The van der Waals surface area contributed by atoms with Crippen LogP contribution >= 0.6 is 0 Å². The first kappa shape index (κ1) is 12.0. The molecule has 4 nitrogen and oxygen atoms in total. The Morgan fingerprint density at radius 3 is 2.78 bits per heavy atom. The molecule has 1 amide bonds. The lowest BCUT2D eigenvalue weighted by Gasteiger charge is -2.07. The maximum atomic E-state index is 12.9. The zero-order valence-corrected chi connectivity index (χ0v) is 9.47. The Bertz CT molecular complexity index is 532. The summed E-state index contributed by atoms with van der Waals surface area (Å²) in [5, 5.41) is 2.63. The largest absolute Gasteiger partial charge is 0.484 e. The molecule has 0 unspecified atom stereocenters. The average Bonchev–Trinajstić information content (AvgIpc) is 2.38. The Morgan fingerprint density at radius 2 is 2.06 bits per heavy atom. The van der Waals surface area contributed by atoms with Crippen LogP contribution in [0.4, 0.5) is 10.1 Å². The Labute approximate surface area is 103 Å². The smallest absolute Gasteiger partial charge is 0.262 e. The van der Waals surface area contributed by atoms with E-state index in [9.17, 15) is 9.18 Å². The fourth-order valence-electron chi connectivity index (χ4n) is 1.34. The fraction of sp³-hybridized carbons (Fsp3) is 0.0769. The van der Waals surface area contributed by atoms with Gasteiger partial charge in [0.05, 0.1) is 0 Å². The minimum absolute atomic E-state index is 0.175. The molecule has 1 aromatic heterocycles. The SMILES string of the molecule is O=C(COc1cccc(F)c1)Nc1ccncc1. The van der Waals surface area contributed by atoms with Gasteiger partial charge in [0, 0.05) is 24.1 Å². The highest BCUT2D eigenvalue weighted by Gasteiger charge is 2.03.